The van der Waals surface area contributed by atoms with Gasteiger partial charge in [-0.3, -0.25) is 4.40 Å². The van der Waals surface area contributed by atoms with Crippen LogP contribution in [-0.2, 0) is 0 Å². The third-order valence-corrected chi connectivity index (χ3v) is 3.44. The highest BCUT2D eigenvalue weighted by molar-refractivity contribution is 6.30. The Labute approximate surface area is 132 Å². The maximum absolute atomic E-state index is 12.9. The van der Waals surface area contributed by atoms with E-state index in [-0.39, 0.29) is 11.7 Å². The van der Waals surface area contributed by atoms with Gasteiger partial charge in [-0.25, -0.2) is 9.37 Å². The fraction of sp³-hybridized carbons (Fsp3) is 0.188. The first kappa shape index (κ1) is 14.7. The molecule has 0 bridgehead atoms. The Morgan fingerprint density at radius 2 is 1.82 bits per heavy atom. The molecule has 2 aromatic heterocycles. The molecule has 3 rings (SSSR count). The molecule has 0 aliphatic heterocycles. The average molecular weight is 317 g/mol. The van der Waals surface area contributed by atoms with Gasteiger partial charge in [0, 0.05) is 6.20 Å². The zero-order chi connectivity index (χ0) is 15.7. The summed E-state index contributed by atoms with van der Waals surface area (Å²) in [7, 11) is 0. The molecule has 0 aliphatic rings. The minimum Gasteiger partial charge on any atom is -0.281 e. The number of fused-ring (bicyclic) bond motifs is 1. The summed E-state index contributed by atoms with van der Waals surface area (Å²) in [5.74, 6) is 0.529. The van der Waals surface area contributed by atoms with Crippen LogP contribution in [0.3, 0.4) is 0 Å². The van der Waals surface area contributed by atoms with Crippen molar-refractivity contribution >= 4 is 28.8 Å². The molecule has 0 aliphatic carbocycles. The van der Waals surface area contributed by atoms with E-state index in [2.05, 4.69) is 15.2 Å². The molecule has 0 saturated carbocycles. The summed E-state index contributed by atoms with van der Waals surface area (Å²) in [5.41, 5.74) is 2.18. The summed E-state index contributed by atoms with van der Waals surface area (Å²) >= 11 is 6.05. The minimum atomic E-state index is -0.302. The van der Waals surface area contributed by atoms with Gasteiger partial charge in [-0.1, -0.05) is 25.4 Å². The van der Waals surface area contributed by atoms with Crippen molar-refractivity contribution in [2.45, 2.75) is 19.8 Å². The smallest absolute Gasteiger partial charge is 0.183 e. The number of halogens is 2. The van der Waals surface area contributed by atoms with Crippen LogP contribution in [0, 0.1) is 5.82 Å². The second kappa shape index (κ2) is 5.85. The highest BCUT2D eigenvalue weighted by Crippen LogP contribution is 2.30. The summed E-state index contributed by atoms with van der Waals surface area (Å²) in [6, 6.07) is 9.47. The standard InChI is InChI=1S/C16H14ClFN4/c1-10(2)15-16(21-20-13-6-4-12(18)5-7-13)22-9-11(17)3-8-14(22)19-15/h3-10H,1-2H3. The molecule has 1 aromatic carbocycles. The van der Waals surface area contributed by atoms with E-state index in [0.717, 1.165) is 11.3 Å². The molecule has 0 saturated heterocycles. The summed E-state index contributed by atoms with van der Waals surface area (Å²) < 4.78 is 14.7. The van der Waals surface area contributed by atoms with Crippen molar-refractivity contribution in [3.8, 4) is 0 Å². The molecule has 0 amide bonds. The second-order valence-corrected chi connectivity index (χ2v) is 5.66. The van der Waals surface area contributed by atoms with Crippen LogP contribution in [0.4, 0.5) is 15.9 Å². The number of rotatable bonds is 3. The van der Waals surface area contributed by atoms with Crippen molar-refractivity contribution in [1.82, 2.24) is 9.38 Å². The van der Waals surface area contributed by atoms with Gasteiger partial charge in [-0.2, -0.15) is 0 Å². The maximum atomic E-state index is 12.9. The van der Waals surface area contributed by atoms with Gasteiger partial charge in [-0.05, 0) is 42.3 Å². The number of benzene rings is 1. The number of imidazole rings is 1. The van der Waals surface area contributed by atoms with E-state index in [9.17, 15) is 4.39 Å². The van der Waals surface area contributed by atoms with Gasteiger partial charge in [-0.15, -0.1) is 10.2 Å². The van der Waals surface area contributed by atoms with Crippen molar-refractivity contribution in [2.75, 3.05) is 0 Å². The Hall–Kier alpha value is -2.27. The van der Waals surface area contributed by atoms with Gasteiger partial charge in [0.2, 0.25) is 0 Å². The molecular weight excluding hydrogens is 303 g/mol. The monoisotopic (exact) mass is 316 g/mol. The van der Waals surface area contributed by atoms with E-state index in [4.69, 9.17) is 11.6 Å². The van der Waals surface area contributed by atoms with Gasteiger partial charge < -0.3 is 0 Å². The van der Waals surface area contributed by atoms with Crippen molar-refractivity contribution in [1.29, 1.82) is 0 Å². The first-order valence-corrected chi connectivity index (χ1v) is 7.27. The molecule has 0 unspecified atom stereocenters. The van der Waals surface area contributed by atoms with Gasteiger partial charge in [0.1, 0.15) is 11.5 Å². The second-order valence-electron chi connectivity index (χ2n) is 5.23. The zero-order valence-corrected chi connectivity index (χ0v) is 12.9. The third-order valence-electron chi connectivity index (χ3n) is 3.22. The van der Waals surface area contributed by atoms with E-state index in [1.54, 1.807) is 24.4 Å². The summed E-state index contributed by atoms with van der Waals surface area (Å²) in [6.07, 6.45) is 1.76. The third kappa shape index (κ3) is 2.85. The molecule has 0 atom stereocenters. The van der Waals surface area contributed by atoms with Crippen molar-refractivity contribution < 1.29 is 4.39 Å². The SMILES string of the molecule is CC(C)c1nc2ccc(Cl)cn2c1N=Nc1ccc(F)cc1. The van der Waals surface area contributed by atoms with Gasteiger partial charge in [0.05, 0.1) is 16.4 Å². The van der Waals surface area contributed by atoms with Crippen LogP contribution in [0.1, 0.15) is 25.5 Å². The molecule has 0 radical (unpaired) electrons. The van der Waals surface area contributed by atoms with Crippen molar-refractivity contribution in [2.24, 2.45) is 10.2 Å². The van der Waals surface area contributed by atoms with Crippen LogP contribution in [0.15, 0.2) is 52.8 Å². The van der Waals surface area contributed by atoms with Gasteiger partial charge in [0.15, 0.2) is 5.82 Å². The summed E-state index contributed by atoms with van der Waals surface area (Å²) in [4.78, 5) is 4.57. The van der Waals surface area contributed by atoms with Crippen LogP contribution in [0.5, 0.6) is 0 Å². The van der Waals surface area contributed by atoms with Crippen molar-refractivity contribution in [3.05, 3.63) is 59.1 Å². The number of aromatic nitrogens is 2. The fourth-order valence-electron chi connectivity index (χ4n) is 2.12. The normalized spacial score (nSPS) is 11.9. The fourth-order valence-corrected chi connectivity index (χ4v) is 2.28. The average Bonchev–Trinajstić information content (AvgIpc) is 2.85. The van der Waals surface area contributed by atoms with Gasteiger partial charge in [0.25, 0.3) is 0 Å². The molecule has 2 heterocycles. The lowest BCUT2D eigenvalue weighted by atomic mass is 10.1. The number of hydrogen-bond acceptors (Lipinski definition) is 3. The first-order valence-electron chi connectivity index (χ1n) is 6.89. The largest absolute Gasteiger partial charge is 0.281 e. The predicted molar refractivity (Wildman–Crippen MR) is 84.9 cm³/mol. The maximum Gasteiger partial charge on any atom is 0.183 e. The van der Waals surface area contributed by atoms with E-state index < -0.39 is 0 Å². The molecule has 3 aromatic rings. The van der Waals surface area contributed by atoms with E-state index in [1.807, 2.05) is 24.3 Å². The molecule has 4 nitrogen and oxygen atoms in total. The minimum absolute atomic E-state index is 0.195. The molecule has 0 N–H and O–H groups in total. The Balaban J connectivity index is 2.09. The number of azo groups is 1. The number of pyridine rings is 1. The zero-order valence-electron chi connectivity index (χ0n) is 12.2. The molecule has 112 valence electrons. The summed E-state index contributed by atoms with van der Waals surface area (Å²) in [6.45, 7) is 4.08. The Bertz CT molecular complexity index is 837. The number of nitrogens with zero attached hydrogens (tertiary/aromatic N) is 4. The molecule has 0 spiro atoms. The van der Waals surface area contributed by atoms with Crippen LogP contribution in [-0.4, -0.2) is 9.38 Å². The Kier molecular flexibility index (Phi) is 3.90. The first-order chi connectivity index (χ1) is 10.5. The quantitative estimate of drug-likeness (QED) is 0.574. The Morgan fingerprint density at radius 1 is 1.09 bits per heavy atom. The molecule has 6 heteroatoms. The molecular formula is C16H14ClFN4. The van der Waals surface area contributed by atoms with Crippen molar-refractivity contribution in [3.63, 3.8) is 0 Å². The Morgan fingerprint density at radius 3 is 2.50 bits per heavy atom. The van der Waals surface area contributed by atoms with Gasteiger partial charge >= 0.3 is 0 Å². The lowest BCUT2D eigenvalue weighted by molar-refractivity contribution is 0.628. The van der Waals surface area contributed by atoms with E-state index in [0.29, 0.717) is 16.5 Å². The molecule has 22 heavy (non-hydrogen) atoms. The van der Waals surface area contributed by atoms with Crippen LogP contribution in [0.2, 0.25) is 5.02 Å². The highest BCUT2D eigenvalue weighted by Gasteiger charge is 2.15. The summed E-state index contributed by atoms with van der Waals surface area (Å²) in [5, 5.41) is 9.06. The molecule has 0 fully saturated rings. The highest BCUT2D eigenvalue weighted by atomic mass is 35.5. The van der Waals surface area contributed by atoms with Crippen LogP contribution >= 0.6 is 11.6 Å². The van der Waals surface area contributed by atoms with E-state index in [1.165, 1.54) is 12.1 Å². The number of hydrogen-bond donors (Lipinski definition) is 0. The van der Waals surface area contributed by atoms with Crippen LogP contribution in [0.25, 0.3) is 5.65 Å². The topological polar surface area (TPSA) is 42.0 Å². The lowest BCUT2D eigenvalue weighted by Gasteiger charge is -2.01. The predicted octanol–water partition coefficient (Wildman–Crippen LogP) is 5.67. The van der Waals surface area contributed by atoms with Crippen LogP contribution < -0.4 is 0 Å². The van der Waals surface area contributed by atoms with E-state index >= 15 is 0 Å². The lowest BCUT2D eigenvalue weighted by Crippen LogP contribution is -1.87.